The van der Waals surface area contributed by atoms with Crippen LogP contribution in [0.3, 0.4) is 0 Å². The molecule has 5 heteroatoms. The Balaban J connectivity index is 2.31. The molecule has 1 atom stereocenters. The molecule has 1 aromatic carbocycles. The topological polar surface area (TPSA) is 64.3 Å². The third-order valence-corrected chi connectivity index (χ3v) is 3.01. The van der Waals surface area contributed by atoms with Gasteiger partial charge < -0.3 is 15.8 Å². The van der Waals surface area contributed by atoms with Gasteiger partial charge in [-0.15, -0.1) is 0 Å². The highest BCUT2D eigenvalue weighted by Gasteiger charge is 2.18. The van der Waals surface area contributed by atoms with Crippen LogP contribution in [0.15, 0.2) is 24.3 Å². The van der Waals surface area contributed by atoms with Crippen LogP contribution >= 0.6 is 12.2 Å². The van der Waals surface area contributed by atoms with Gasteiger partial charge in [-0.3, -0.25) is 4.79 Å². The Morgan fingerprint density at radius 2 is 2.26 bits per heavy atom. The van der Waals surface area contributed by atoms with Gasteiger partial charge in [0.1, 0.15) is 12.4 Å². The predicted octanol–water partition coefficient (Wildman–Crippen LogP) is 1.80. The summed E-state index contributed by atoms with van der Waals surface area (Å²) in [4.78, 5) is 12.0. The fraction of sp³-hybridized carbons (Fsp3) is 0.429. The summed E-state index contributed by atoms with van der Waals surface area (Å²) in [7, 11) is 0. The third kappa shape index (κ3) is 5.26. The molecule has 0 heterocycles. The SMILES string of the molecule is CCC(C(=O)NCCOc1cccc(C)c1)C(N)=S. The standard InChI is InChI=1S/C14H20N2O2S/c1-3-12(13(15)19)14(17)16-7-8-18-11-6-4-5-10(2)9-11/h4-6,9,12H,3,7-8H2,1-2H3,(H2,15,19)(H,16,17). The molecule has 1 amide bonds. The van der Waals surface area contributed by atoms with Gasteiger partial charge in [0, 0.05) is 0 Å². The first-order valence-corrected chi connectivity index (χ1v) is 6.72. The van der Waals surface area contributed by atoms with Gasteiger partial charge >= 0.3 is 0 Å². The number of hydrogen-bond donors (Lipinski definition) is 2. The maximum absolute atomic E-state index is 11.7. The largest absolute Gasteiger partial charge is 0.492 e. The summed E-state index contributed by atoms with van der Waals surface area (Å²) in [6.45, 7) is 4.74. The van der Waals surface area contributed by atoms with Crippen LogP contribution in [0, 0.1) is 12.8 Å². The molecule has 0 aliphatic rings. The highest BCUT2D eigenvalue weighted by atomic mass is 32.1. The van der Waals surface area contributed by atoms with Crippen molar-refractivity contribution in [1.82, 2.24) is 5.32 Å². The fourth-order valence-corrected chi connectivity index (χ4v) is 1.96. The quantitative estimate of drug-likeness (QED) is 0.590. The van der Waals surface area contributed by atoms with Crippen LogP contribution in [0.4, 0.5) is 0 Å². The number of thiocarbonyl (C=S) groups is 1. The molecule has 0 saturated carbocycles. The lowest BCUT2D eigenvalue weighted by molar-refractivity contribution is -0.123. The number of aryl methyl sites for hydroxylation is 1. The van der Waals surface area contributed by atoms with E-state index >= 15 is 0 Å². The van der Waals surface area contributed by atoms with Crippen molar-refractivity contribution in [2.75, 3.05) is 13.2 Å². The van der Waals surface area contributed by atoms with Gasteiger partial charge in [-0.1, -0.05) is 31.3 Å². The molecule has 1 aromatic rings. The highest BCUT2D eigenvalue weighted by molar-refractivity contribution is 7.80. The van der Waals surface area contributed by atoms with E-state index in [9.17, 15) is 4.79 Å². The monoisotopic (exact) mass is 280 g/mol. The van der Waals surface area contributed by atoms with Crippen molar-refractivity contribution in [3.63, 3.8) is 0 Å². The van der Waals surface area contributed by atoms with E-state index in [1.165, 1.54) is 0 Å². The molecule has 104 valence electrons. The van der Waals surface area contributed by atoms with Crippen LogP contribution in [-0.2, 0) is 4.79 Å². The lowest BCUT2D eigenvalue weighted by atomic mass is 10.1. The van der Waals surface area contributed by atoms with Gasteiger partial charge in [0.05, 0.1) is 17.5 Å². The second kappa shape index (κ2) is 7.74. The summed E-state index contributed by atoms with van der Waals surface area (Å²) in [5, 5.41) is 2.77. The summed E-state index contributed by atoms with van der Waals surface area (Å²) in [6, 6.07) is 7.77. The Labute approximate surface area is 119 Å². The van der Waals surface area contributed by atoms with E-state index in [-0.39, 0.29) is 10.9 Å². The first-order chi connectivity index (χ1) is 9.04. The van der Waals surface area contributed by atoms with E-state index in [1.807, 2.05) is 38.1 Å². The number of amides is 1. The first-order valence-electron chi connectivity index (χ1n) is 6.31. The van der Waals surface area contributed by atoms with Crippen molar-refractivity contribution in [2.45, 2.75) is 20.3 Å². The second-order valence-corrected chi connectivity index (χ2v) is 4.79. The van der Waals surface area contributed by atoms with Crippen molar-refractivity contribution in [2.24, 2.45) is 11.7 Å². The number of carbonyl (C=O) groups is 1. The number of rotatable bonds is 7. The van der Waals surface area contributed by atoms with Crippen molar-refractivity contribution in [3.05, 3.63) is 29.8 Å². The summed E-state index contributed by atoms with van der Waals surface area (Å²) < 4.78 is 5.53. The van der Waals surface area contributed by atoms with E-state index in [4.69, 9.17) is 22.7 Å². The van der Waals surface area contributed by atoms with Crippen LogP contribution in [0.5, 0.6) is 5.75 Å². The summed E-state index contributed by atoms with van der Waals surface area (Å²) >= 11 is 4.85. The van der Waals surface area contributed by atoms with Gasteiger partial charge in [0.2, 0.25) is 5.91 Å². The first kappa shape index (κ1) is 15.4. The Morgan fingerprint density at radius 3 is 2.84 bits per heavy atom. The van der Waals surface area contributed by atoms with Gasteiger partial charge in [-0.2, -0.15) is 0 Å². The second-order valence-electron chi connectivity index (χ2n) is 4.32. The molecule has 0 aliphatic heterocycles. The maximum Gasteiger partial charge on any atom is 0.230 e. The van der Waals surface area contributed by atoms with Gasteiger partial charge in [0.25, 0.3) is 0 Å². The van der Waals surface area contributed by atoms with Crippen molar-refractivity contribution >= 4 is 23.1 Å². The Morgan fingerprint density at radius 1 is 1.53 bits per heavy atom. The minimum atomic E-state index is -0.394. The molecule has 1 rings (SSSR count). The molecule has 1 unspecified atom stereocenters. The number of benzene rings is 1. The van der Waals surface area contributed by atoms with E-state index in [2.05, 4.69) is 5.32 Å². The molecule has 0 spiro atoms. The molecular formula is C14H20N2O2S. The molecule has 0 radical (unpaired) electrons. The molecule has 0 fully saturated rings. The zero-order valence-corrected chi connectivity index (χ0v) is 12.1. The highest BCUT2D eigenvalue weighted by Crippen LogP contribution is 2.11. The lowest BCUT2D eigenvalue weighted by Gasteiger charge is -2.13. The van der Waals surface area contributed by atoms with Crippen molar-refractivity contribution < 1.29 is 9.53 Å². The van der Waals surface area contributed by atoms with E-state index < -0.39 is 5.92 Å². The minimum Gasteiger partial charge on any atom is -0.492 e. The fourth-order valence-electron chi connectivity index (χ4n) is 1.69. The van der Waals surface area contributed by atoms with E-state index in [1.54, 1.807) is 0 Å². The normalized spacial score (nSPS) is 11.7. The minimum absolute atomic E-state index is 0.136. The van der Waals surface area contributed by atoms with E-state index in [0.29, 0.717) is 19.6 Å². The van der Waals surface area contributed by atoms with Gasteiger partial charge in [0.15, 0.2) is 0 Å². The number of nitrogens with one attached hydrogen (secondary N) is 1. The Kier molecular flexibility index (Phi) is 6.29. The van der Waals surface area contributed by atoms with Crippen LogP contribution < -0.4 is 15.8 Å². The number of ether oxygens (including phenoxy) is 1. The van der Waals surface area contributed by atoms with Crippen molar-refractivity contribution in [1.29, 1.82) is 0 Å². The molecule has 0 bridgehead atoms. The summed E-state index contributed by atoms with van der Waals surface area (Å²) in [5.74, 6) is 0.271. The zero-order chi connectivity index (χ0) is 14.3. The Hall–Kier alpha value is -1.62. The molecule has 4 nitrogen and oxygen atoms in total. The van der Waals surface area contributed by atoms with Crippen molar-refractivity contribution in [3.8, 4) is 5.75 Å². The molecule has 3 N–H and O–H groups in total. The smallest absolute Gasteiger partial charge is 0.230 e. The molecule has 19 heavy (non-hydrogen) atoms. The summed E-state index contributed by atoms with van der Waals surface area (Å²) in [5.41, 5.74) is 6.64. The molecular weight excluding hydrogens is 260 g/mol. The van der Waals surface area contributed by atoms with Crippen LogP contribution in [0.1, 0.15) is 18.9 Å². The molecule has 0 aliphatic carbocycles. The molecule has 0 aromatic heterocycles. The Bertz CT molecular complexity index is 449. The summed E-state index contributed by atoms with van der Waals surface area (Å²) in [6.07, 6.45) is 0.611. The van der Waals surface area contributed by atoms with Gasteiger partial charge in [-0.05, 0) is 31.0 Å². The zero-order valence-electron chi connectivity index (χ0n) is 11.3. The average molecular weight is 280 g/mol. The third-order valence-electron chi connectivity index (χ3n) is 2.73. The van der Waals surface area contributed by atoms with Crippen LogP contribution in [0.25, 0.3) is 0 Å². The number of carbonyl (C=O) groups excluding carboxylic acids is 1. The van der Waals surface area contributed by atoms with Crippen LogP contribution in [-0.4, -0.2) is 24.0 Å². The predicted molar refractivity (Wildman–Crippen MR) is 80.3 cm³/mol. The number of hydrogen-bond acceptors (Lipinski definition) is 3. The van der Waals surface area contributed by atoms with E-state index in [0.717, 1.165) is 11.3 Å². The average Bonchev–Trinajstić information content (AvgIpc) is 2.35. The van der Waals surface area contributed by atoms with Gasteiger partial charge in [-0.25, -0.2) is 0 Å². The lowest BCUT2D eigenvalue weighted by Crippen LogP contribution is -2.39. The molecule has 0 saturated heterocycles. The number of nitrogens with two attached hydrogens (primary N) is 1. The van der Waals surface area contributed by atoms with Crippen LogP contribution in [0.2, 0.25) is 0 Å². The maximum atomic E-state index is 11.7.